The van der Waals surface area contributed by atoms with E-state index in [-0.39, 0.29) is 29.5 Å². The zero-order chi connectivity index (χ0) is 28.7. The van der Waals surface area contributed by atoms with E-state index in [1.165, 1.54) is 11.0 Å². The van der Waals surface area contributed by atoms with Crippen molar-refractivity contribution in [2.24, 2.45) is 5.73 Å². The number of halogens is 2. The van der Waals surface area contributed by atoms with E-state index in [0.29, 0.717) is 50.4 Å². The summed E-state index contributed by atoms with van der Waals surface area (Å²) in [4.78, 5) is 26.9. The number of fused-ring (bicyclic) bond motifs is 2. The van der Waals surface area contributed by atoms with Crippen molar-refractivity contribution in [1.82, 2.24) is 14.9 Å². The van der Waals surface area contributed by atoms with Crippen LogP contribution in [0.25, 0.3) is 10.8 Å². The Morgan fingerprint density at radius 2 is 2.05 bits per heavy atom. The molecule has 3 aromatic rings. The summed E-state index contributed by atoms with van der Waals surface area (Å²) in [5.41, 5.74) is 8.57. The number of nitrogens with zero attached hydrogens (tertiary/aromatic N) is 6. The van der Waals surface area contributed by atoms with Crippen molar-refractivity contribution in [2.45, 2.75) is 50.2 Å². The Bertz CT molecular complexity index is 1540. The van der Waals surface area contributed by atoms with E-state index in [2.05, 4.69) is 11.0 Å². The fourth-order valence-electron chi connectivity index (χ4n) is 6.04. The van der Waals surface area contributed by atoms with Gasteiger partial charge >= 0.3 is 12.1 Å². The van der Waals surface area contributed by atoms with Gasteiger partial charge in [-0.2, -0.15) is 15.2 Å². The van der Waals surface area contributed by atoms with E-state index in [0.717, 1.165) is 41.6 Å². The van der Waals surface area contributed by atoms with Crippen molar-refractivity contribution < 1.29 is 19.0 Å². The molecule has 2 aromatic carbocycles. The summed E-state index contributed by atoms with van der Waals surface area (Å²) in [6, 6.07) is 10.7. The monoisotopic (exact) mass is 579 g/mol. The van der Waals surface area contributed by atoms with Gasteiger partial charge in [0.15, 0.2) is 0 Å². The molecule has 1 aliphatic carbocycles. The van der Waals surface area contributed by atoms with Gasteiger partial charge in [0, 0.05) is 42.8 Å². The smallest absolute Gasteiger partial charge is 0.407 e. The molecular formula is C29H31ClFN7O3. The molecule has 3 aliphatic rings. The Morgan fingerprint density at radius 1 is 1.22 bits per heavy atom. The molecule has 1 aromatic heterocycles. The number of nitrogens with two attached hydrogens (primary N) is 1. The SMILES string of the molecule is N#CCC1CN(c2nc(OCC3(N)CCC3)nc3c2CCN(c2cccc4ccc(F)c(Cl)c24)C3)CCN1C(=O)O. The lowest BCUT2D eigenvalue weighted by molar-refractivity contribution is 0.118. The fraction of sp³-hybridized carbons (Fsp3) is 0.448. The molecule has 1 saturated carbocycles. The van der Waals surface area contributed by atoms with Crippen LogP contribution in [0.4, 0.5) is 20.7 Å². The van der Waals surface area contributed by atoms with E-state index >= 15 is 0 Å². The van der Waals surface area contributed by atoms with Crippen molar-refractivity contribution in [3.8, 4) is 12.1 Å². The maximum atomic E-state index is 14.5. The summed E-state index contributed by atoms with van der Waals surface area (Å²) < 4.78 is 20.5. The molecular weight excluding hydrogens is 549 g/mol. The molecule has 3 N–H and O–H groups in total. The van der Waals surface area contributed by atoms with Crippen molar-refractivity contribution in [1.29, 1.82) is 5.26 Å². The van der Waals surface area contributed by atoms with Crippen molar-refractivity contribution in [3.05, 3.63) is 52.4 Å². The summed E-state index contributed by atoms with van der Waals surface area (Å²) >= 11 is 6.44. The highest BCUT2D eigenvalue weighted by Gasteiger charge is 2.36. The number of hydrogen-bond acceptors (Lipinski definition) is 8. The highest BCUT2D eigenvalue weighted by molar-refractivity contribution is 6.36. The topological polar surface area (TPSA) is 132 Å². The number of anilines is 2. The summed E-state index contributed by atoms with van der Waals surface area (Å²) in [5, 5.41) is 20.6. The number of amides is 1. The van der Waals surface area contributed by atoms with Crippen LogP contribution in [-0.4, -0.2) is 70.4 Å². The van der Waals surface area contributed by atoms with Crippen LogP contribution in [0.3, 0.4) is 0 Å². The Balaban J connectivity index is 1.36. The third-order valence-corrected chi connectivity index (χ3v) is 8.84. The Morgan fingerprint density at radius 3 is 2.78 bits per heavy atom. The molecule has 12 heteroatoms. The highest BCUT2D eigenvalue weighted by atomic mass is 35.5. The predicted octanol–water partition coefficient (Wildman–Crippen LogP) is 4.33. The molecule has 6 rings (SSSR count). The van der Waals surface area contributed by atoms with Gasteiger partial charge in [0.1, 0.15) is 18.2 Å². The number of rotatable bonds is 6. The zero-order valence-corrected chi connectivity index (χ0v) is 23.3. The number of carbonyl (C=O) groups is 1. The molecule has 41 heavy (non-hydrogen) atoms. The summed E-state index contributed by atoms with van der Waals surface area (Å²) in [6.07, 6.45) is 2.48. The number of hydrogen-bond donors (Lipinski definition) is 2. The van der Waals surface area contributed by atoms with Crippen LogP contribution in [0, 0.1) is 17.1 Å². The Labute approximate surface area is 242 Å². The molecule has 1 amide bonds. The molecule has 214 valence electrons. The minimum atomic E-state index is -1.03. The standard InChI is InChI=1S/C29H31ClFN7O3/c30-25-21(31)6-5-18-3-1-4-23(24(18)25)36-12-8-20-22(16-36)34-27(41-17-29(33)9-2-10-29)35-26(20)37-13-14-38(28(39)40)19(15-37)7-11-32/h1,3-6,19H,2,7-10,12-17,33H2,(H,39,40). The van der Waals surface area contributed by atoms with Gasteiger partial charge in [-0.25, -0.2) is 9.18 Å². The van der Waals surface area contributed by atoms with Gasteiger partial charge in [0.05, 0.1) is 41.3 Å². The number of ether oxygens (including phenoxy) is 1. The Kier molecular flexibility index (Phi) is 7.21. The molecule has 10 nitrogen and oxygen atoms in total. The summed E-state index contributed by atoms with van der Waals surface area (Å²) in [6.45, 7) is 2.38. The zero-order valence-electron chi connectivity index (χ0n) is 22.5. The van der Waals surface area contributed by atoms with Crippen LogP contribution in [0.5, 0.6) is 6.01 Å². The second-order valence-corrected chi connectivity index (χ2v) is 11.5. The molecule has 1 unspecified atom stereocenters. The van der Waals surface area contributed by atoms with Crippen molar-refractivity contribution >= 4 is 40.0 Å². The number of carboxylic acid groups (broad SMARTS) is 1. The first-order valence-electron chi connectivity index (χ1n) is 13.8. The largest absolute Gasteiger partial charge is 0.465 e. The first kappa shape index (κ1) is 27.3. The quantitative estimate of drug-likeness (QED) is 0.438. The fourth-order valence-corrected chi connectivity index (χ4v) is 6.31. The van der Waals surface area contributed by atoms with Crippen LogP contribution in [0.2, 0.25) is 5.02 Å². The number of benzene rings is 2. The second kappa shape index (κ2) is 10.8. The highest BCUT2D eigenvalue weighted by Crippen LogP contribution is 2.38. The molecule has 1 saturated heterocycles. The van der Waals surface area contributed by atoms with Gasteiger partial charge in [0.2, 0.25) is 0 Å². The minimum absolute atomic E-state index is 0.0846. The summed E-state index contributed by atoms with van der Waals surface area (Å²) in [7, 11) is 0. The van der Waals surface area contributed by atoms with Gasteiger partial charge in [-0.15, -0.1) is 0 Å². The first-order chi connectivity index (χ1) is 19.8. The van der Waals surface area contributed by atoms with Crippen LogP contribution in [0.1, 0.15) is 36.9 Å². The molecule has 1 atom stereocenters. The maximum Gasteiger partial charge on any atom is 0.407 e. The first-order valence-corrected chi connectivity index (χ1v) is 14.2. The van der Waals surface area contributed by atoms with Crippen LogP contribution < -0.4 is 20.3 Å². The second-order valence-electron chi connectivity index (χ2n) is 11.1. The average Bonchev–Trinajstić information content (AvgIpc) is 2.96. The maximum absolute atomic E-state index is 14.5. The molecule has 0 radical (unpaired) electrons. The van der Waals surface area contributed by atoms with Crippen molar-refractivity contribution in [3.63, 3.8) is 0 Å². The van der Waals surface area contributed by atoms with Gasteiger partial charge < -0.3 is 30.3 Å². The number of piperazine rings is 1. The van der Waals surface area contributed by atoms with E-state index < -0.39 is 18.0 Å². The lowest BCUT2D eigenvalue weighted by Gasteiger charge is -2.41. The third-order valence-electron chi connectivity index (χ3n) is 8.47. The van der Waals surface area contributed by atoms with E-state index in [4.69, 9.17) is 32.0 Å². The average molecular weight is 580 g/mol. The van der Waals surface area contributed by atoms with Crippen LogP contribution in [-0.2, 0) is 13.0 Å². The minimum Gasteiger partial charge on any atom is -0.465 e. The van der Waals surface area contributed by atoms with Gasteiger partial charge in [-0.3, -0.25) is 0 Å². The molecule has 2 fully saturated rings. The summed E-state index contributed by atoms with van der Waals surface area (Å²) in [5.74, 6) is 0.225. The molecule has 0 spiro atoms. The van der Waals surface area contributed by atoms with E-state index in [9.17, 15) is 19.6 Å². The normalized spacial score (nSPS) is 19.9. The van der Waals surface area contributed by atoms with E-state index in [1.54, 1.807) is 6.07 Å². The van der Waals surface area contributed by atoms with E-state index in [1.807, 2.05) is 23.1 Å². The van der Waals surface area contributed by atoms with Crippen molar-refractivity contribution in [2.75, 3.05) is 42.6 Å². The van der Waals surface area contributed by atoms with Gasteiger partial charge in [0.25, 0.3) is 0 Å². The third kappa shape index (κ3) is 5.18. The van der Waals surface area contributed by atoms with Gasteiger partial charge in [-0.05, 0) is 43.2 Å². The van der Waals surface area contributed by atoms with Crippen LogP contribution >= 0.6 is 11.6 Å². The lowest BCUT2D eigenvalue weighted by atomic mass is 9.78. The van der Waals surface area contributed by atoms with Gasteiger partial charge in [-0.1, -0.05) is 29.8 Å². The number of aromatic nitrogens is 2. The lowest BCUT2D eigenvalue weighted by Crippen LogP contribution is -2.55. The molecule has 3 heterocycles. The number of nitriles is 1. The predicted molar refractivity (Wildman–Crippen MR) is 153 cm³/mol. The molecule has 0 bridgehead atoms. The van der Waals surface area contributed by atoms with Crippen LogP contribution in [0.15, 0.2) is 30.3 Å². The Hall–Kier alpha value is -3.88. The molecule has 2 aliphatic heterocycles.